The van der Waals surface area contributed by atoms with Gasteiger partial charge in [-0.2, -0.15) is 0 Å². The van der Waals surface area contributed by atoms with Gasteiger partial charge in [-0.3, -0.25) is 4.79 Å². The Bertz CT molecular complexity index is 707. The Morgan fingerprint density at radius 2 is 1.77 bits per heavy atom. The number of amides is 1. The Morgan fingerprint density at radius 1 is 1.05 bits per heavy atom. The van der Waals surface area contributed by atoms with Crippen molar-refractivity contribution in [1.82, 2.24) is 0 Å². The molecular weight excluding hydrogens is 278 g/mol. The SMILES string of the molecule is CCOC(=O)c1ccccc1NC(=O)c1ccc(C)c(C)c1. The molecule has 0 bridgehead atoms. The van der Waals surface area contributed by atoms with Gasteiger partial charge in [0.05, 0.1) is 17.9 Å². The number of rotatable bonds is 4. The minimum atomic E-state index is -0.446. The smallest absolute Gasteiger partial charge is 0.340 e. The van der Waals surface area contributed by atoms with Gasteiger partial charge in [-0.25, -0.2) is 4.79 Å². The molecule has 0 atom stereocenters. The quantitative estimate of drug-likeness (QED) is 0.875. The average molecular weight is 297 g/mol. The van der Waals surface area contributed by atoms with E-state index in [9.17, 15) is 9.59 Å². The molecule has 2 aromatic rings. The zero-order chi connectivity index (χ0) is 16.1. The van der Waals surface area contributed by atoms with E-state index in [0.29, 0.717) is 16.8 Å². The lowest BCUT2D eigenvalue weighted by atomic mass is 10.1. The largest absolute Gasteiger partial charge is 0.462 e. The summed E-state index contributed by atoms with van der Waals surface area (Å²) in [6.07, 6.45) is 0. The second-order valence-corrected chi connectivity index (χ2v) is 5.02. The molecular formula is C18H19NO3. The van der Waals surface area contributed by atoms with E-state index < -0.39 is 5.97 Å². The summed E-state index contributed by atoms with van der Waals surface area (Å²) < 4.78 is 5.00. The van der Waals surface area contributed by atoms with Crippen molar-refractivity contribution in [3.8, 4) is 0 Å². The summed E-state index contributed by atoms with van der Waals surface area (Å²) >= 11 is 0. The first-order chi connectivity index (χ1) is 10.5. The normalized spacial score (nSPS) is 10.1. The number of esters is 1. The maximum atomic E-state index is 12.3. The number of carbonyl (C=O) groups is 2. The number of benzene rings is 2. The Balaban J connectivity index is 2.25. The molecule has 4 nitrogen and oxygen atoms in total. The number of aryl methyl sites for hydroxylation is 2. The van der Waals surface area contributed by atoms with E-state index in [1.807, 2.05) is 26.0 Å². The molecule has 0 radical (unpaired) electrons. The Morgan fingerprint density at radius 3 is 2.45 bits per heavy atom. The van der Waals surface area contributed by atoms with Gasteiger partial charge in [-0.1, -0.05) is 18.2 Å². The van der Waals surface area contributed by atoms with Crippen molar-refractivity contribution in [2.45, 2.75) is 20.8 Å². The van der Waals surface area contributed by atoms with E-state index in [2.05, 4.69) is 5.32 Å². The number of nitrogens with one attached hydrogen (secondary N) is 1. The van der Waals surface area contributed by atoms with Crippen molar-refractivity contribution < 1.29 is 14.3 Å². The number of para-hydroxylation sites is 1. The van der Waals surface area contributed by atoms with Gasteiger partial charge in [-0.05, 0) is 56.2 Å². The van der Waals surface area contributed by atoms with Crippen molar-refractivity contribution in [2.24, 2.45) is 0 Å². The lowest BCUT2D eigenvalue weighted by Crippen LogP contribution is -2.16. The standard InChI is InChI=1S/C18H19NO3/c1-4-22-18(21)15-7-5-6-8-16(15)19-17(20)14-10-9-12(2)13(3)11-14/h5-11H,4H2,1-3H3,(H,19,20). The van der Waals surface area contributed by atoms with Crippen LogP contribution in [0.4, 0.5) is 5.69 Å². The number of hydrogen-bond donors (Lipinski definition) is 1. The van der Waals surface area contributed by atoms with Crippen LogP contribution in [0.15, 0.2) is 42.5 Å². The molecule has 1 N–H and O–H groups in total. The molecule has 0 fully saturated rings. The minimum absolute atomic E-state index is 0.250. The fourth-order valence-corrected chi connectivity index (χ4v) is 2.06. The molecule has 2 rings (SSSR count). The van der Waals surface area contributed by atoms with Crippen LogP contribution in [0, 0.1) is 13.8 Å². The summed E-state index contributed by atoms with van der Waals surface area (Å²) in [6, 6.07) is 12.3. The summed E-state index contributed by atoms with van der Waals surface area (Å²) in [5, 5.41) is 2.77. The molecule has 0 unspecified atom stereocenters. The molecule has 0 saturated carbocycles. The molecule has 0 aromatic heterocycles. The van der Waals surface area contributed by atoms with Gasteiger partial charge in [0.25, 0.3) is 5.91 Å². The van der Waals surface area contributed by atoms with Gasteiger partial charge in [0.15, 0.2) is 0 Å². The molecule has 1 amide bonds. The van der Waals surface area contributed by atoms with Crippen molar-refractivity contribution in [1.29, 1.82) is 0 Å². The summed E-state index contributed by atoms with van der Waals surface area (Å²) in [7, 11) is 0. The Kier molecular flexibility index (Phi) is 4.94. The third-order valence-corrected chi connectivity index (χ3v) is 3.44. The van der Waals surface area contributed by atoms with E-state index in [4.69, 9.17) is 4.74 Å². The Hall–Kier alpha value is -2.62. The highest BCUT2D eigenvalue weighted by molar-refractivity contribution is 6.08. The average Bonchev–Trinajstić information content (AvgIpc) is 2.50. The van der Waals surface area contributed by atoms with Crippen LogP contribution >= 0.6 is 0 Å². The van der Waals surface area contributed by atoms with Gasteiger partial charge in [0.1, 0.15) is 0 Å². The molecule has 0 aliphatic heterocycles. The zero-order valence-corrected chi connectivity index (χ0v) is 13.0. The lowest BCUT2D eigenvalue weighted by Gasteiger charge is -2.11. The number of hydrogen-bond acceptors (Lipinski definition) is 3. The van der Waals surface area contributed by atoms with E-state index in [1.165, 1.54) is 0 Å². The number of anilines is 1. The molecule has 4 heteroatoms. The highest BCUT2D eigenvalue weighted by Gasteiger charge is 2.15. The fourth-order valence-electron chi connectivity index (χ4n) is 2.06. The Labute approximate surface area is 130 Å². The van der Waals surface area contributed by atoms with Gasteiger partial charge < -0.3 is 10.1 Å². The molecule has 114 valence electrons. The van der Waals surface area contributed by atoms with Crippen LogP contribution in [-0.2, 0) is 4.74 Å². The molecule has 0 heterocycles. The minimum Gasteiger partial charge on any atom is -0.462 e. The molecule has 0 aliphatic rings. The maximum Gasteiger partial charge on any atom is 0.340 e. The van der Waals surface area contributed by atoms with Crippen molar-refractivity contribution >= 4 is 17.6 Å². The van der Waals surface area contributed by atoms with Crippen LogP contribution in [0.25, 0.3) is 0 Å². The first-order valence-electron chi connectivity index (χ1n) is 7.17. The maximum absolute atomic E-state index is 12.3. The molecule has 2 aromatic carbocycles. The predicted molar refractivity (Wildman–Crippen MR) is 86.3 cm³/mol. The van der Waals surface area contributed by atoms with Gasteiger partial charge in [-0.15, -0.1) is 0 Å². The van der Waals surface area contributed by atoms with Gasteiger partial charge in [0, 0.05) is 5.56 Å². The third-order valence-electron chi connectivity index (χ3n) is 3.44. The molecule has 0 spiro atoms. The number of carbonyl (C=O) groups excluding carboxylic acids is 2. The van der Waals surface area contributed by atoms with E-state index in [-0.39, 0.29) is 12.5 Å². The van der Waals surface area contributed by atoms with Crippen LogP contribution < -0.4 is 5.32 Å². The van der Waals surface area contributed by atoms with Crippen molar-refractivity contribution in [3.05, 3.63) is 64.7 Å². The fraction of sp³-hybridized carbons (Fsp3) is 0.222. The monoisotopic (exact) mass is 297 g/mol. The van der Waals surface area contributed by atoms with Gasteiger partial charge in [0.2, 0.25) is 0 Å². The van der Waals surface area contributed by atoms with Crippen molar-refractivity contribution in [2.75, 3.05) is 11.9 Å². The first-order valence-corrected chi connectivity index (χ1v) is 7.17. The number of ether oxygens (including phenoxy) is 1. The summed E-state index contributed by atoms with van der Waals surface area (Å²) in [5.41, 5.74) is 3.53. The van der Waals surface area contributed by atoms with Crippen LogP contribution in [-0.4, -0.2) is 18.5 Å². The second kappa shape index (κ2) is 6.89. The first kappa shape index (κ1) is 15.8. The van der Waals surface area contributed by atoms with Crippen LogP contribution in [0.1, 0.15) is 38.8 Å². The van der Waals surface area contributed by atoms with Crippen LogP contribution in [0.3, 0.4) is 0 Å². The van der Waals surface area contributed by atoms with Crippen molar-refractivity contribution in [3.63, 3.8) is 0 Å². The van der Waals surface area contributed by atoms with Crippen LogP contribution in [0.2, 0.25) is 0 Å². The lowest BCUT2D eigenvalue weighted by molar-refractivity contribution is 0.0527. The van der Waals surface area contributed by atoms with Gasteiger partial charge >= 0.3 is 5.97 Å². The van der Waals surface area contributed by atoms with E-state index in [1.54, 1.807) is 37.3 Å². The zero-order valence-electron chi connectivity index (χ0n) is 13.0. The molecule has 22 heavy (non-hydrogen) atoms. The second-order valence-electron chi connectivity index (χ2n) is 5.02. The topological polar surface area (TPSA) is 55.4 Å². The highest BCUT2D eigenvalue weighted by atomic mass is 16.5. The highest BCUT2D eigenvalue weighted by Crippen LogP contribution is 2.18. The predicted octanol–water partition coefficient (Wildman–Crippen LogP) is 3.73. The van der Waals surface area contributed by atoms with E-state index >= 15 is 0 Å². The third kappa shape index (κ3) is 3.52. The van der Waals surface area contributed by atoms with E-state index in [0.717, 1.165) is 11.1 Å². The van der Waals surface area contributed by atoms with Crippen LogP contribution in [0.5, 0.6) is 0 Å². The summed E-state index contributed by atoms with van der Waals surface area (Å²) in [4.78, 5) is 24.3. The molecule has 0 aliphatic carbocycles. The summed E-state index contributed by atoms with van der Waals surface area (Å²) in [5.74, 6) is -0.696. The summed E-state index contributed by atoms with van der Waals surface area (Å²) in [6.45, 7) is 5.98. The molecule has 0 saturated heterocycles.